The van der Waals surface area contributed by atoms with Crippen molar-refractivity contribution in [3.05, 3.63) is 17.2 Å². The van der Waals surface area contributed by atoms with Gasteiger partial charge in [-0.15, -0.1) is 15.3 Å². The molecule has 0 atom stereocenters. The van der Waals surface area contributed by atoms with E-state index >= 15 is 0 Å². The number of aromatic nitrogens is 8. The predicted molar refractivity (Wildman–Crippen MR) is 51.3 cm³/mol. The van der Waals surface area contributed by atoms with Crippen LogP contribution >= 0.6 is 12.2 Å². The number of aromatic amines is 2. The largest absolute Gasteiger partial charge is 0.259 e. The van der Waals surface area contributed by atoms with E-state index in [1.54, 1.807) is 16.8 Å². The van der Waals surface area contributed by atoms with Gasteiger partial charge in [-0.25, -0.2) is 10.1 Å². The van der Waals surface area contributed by atoms with Crippen molar-refractivity contribution >= 4 is 18.0 Å². The van der Waals surface area contributed by atoms with E-state index in [-0.39, 0.29) is 0 Å². The number of H-pyrrole nitrogens is 2. The second-order valence-corrected chi connectivity index (χ2v) is 3.16. The average Bonchev–Trinajstić information content (AvgIpc) is 2.88. The lowest BCUT2D eigenvalue weighted by molar-refractivity contribution is 0.881. The molecule has 15 heavy (non-hydrogen) atoms. The summed E-state index contributed by atoms with van der Waals surface area (Å²) in [5.74, 6) is 0.972. The maximum Gasteiger partial charge on any atom is 0.253 e. The van der Waals surface area contributed by atoms with Crippen molar-refractivity contribution in [3.63, 3.8) is 0 Å². The minimum atomic E-state index is 0.465. The molecule has 3 rings (SSSR count). The van der Waals surface area contributed by atoms with Crippen LogP contribution < -0.4 is 0 Å². The molecule has 0 bridgehead atoms. The zero-order chi connectivity index (χ0) is 10.3. The van der Waals surface area contributed by atoms with Crippen molar-refractivity contribution < 1.29 is 0 Å². The Balaban J connectivity index is 2.30. The van der Waals surface area contributed by atoms with Gasteiger partial charge in [0.05, 0.1) is 5.56 Å². The predicted octanol–water partition coefficient (Wildman–Crippen LogP) is -0.0330. The molecule has 0 radical (unpaired) electrons. The zero-order valence-corrected chi connectivity index (χ0v) is 8.06. The average molecular weight is 220 g/mol. The molecule has 9 heteroatoms. The van der Waals surface area contributed by atoms with Crippen molar-refractivity contribution in [2.75, 3.05) is 0 Å². The Kier molecular flexibility index (Phi) is 1.59. The normalized spacial score (nSPS) is 10.9. The molecule has 8 nitrogen and oxygen atoms in total. The van der Waals surface area contributed by atoms with E-state index in [4.69, 9.17) is 12.2 Å². The molecule has 3 aromatic heterocycles. The summed E-state index contributed by atoms with van der Waals surface area (Å²) >= 11 is 5.02. The van der Waals surface area contributed by atoms with Gasteiger partial charge in [-0.2, -0.15) is 5.21 Å². The first kappa shape index (κ1) is 8.17. The molecule has 0 unspecified atom stereocenters. The monoisotopic (exact) mass is 220 g/mol. The van der Waals surface area contributed by atoms with E-state index in [1.165, 1.54) is 0 Å². The standard InChI is InChI=1S/C6H4N8S/c15-6-11-10-5-7-1-3(2-14(5)6)4-8-12-13-9-4/h1-2H,(H,11,15)(H,8,9,12,13). The Morgan fingerprint density at radius 1 is 1.33 bits per heavy atom. The molecule has 2 N–H and O–H groups in total. The Bertz CT molecular complexity index is 649. The Hall–Kier alpha value is -2.16. The van der Waals surface area contributed by atoms with Gasteiger partial charge in [-0.05, 0) is 17.4 Å². The lowest BCUT2D eigenvalue weighted by atomic mass is 10.3. The smallest absolute Gasteiger partial charge is 0.253 e. The molecule has 0 spiro atoms. The second-order valence-electron chi connectivity index (χ2n) is 2.78. The molecule has 0 aliphatic rings. The first-order valence-electron chi connectivity index (χ1n) is 4.01. The molecular weight excluding hydrogens is 216 g/mol. The molecular formula is C6H4N8S. The highest BCUT2D eigenvalue weighted by atomic mass is 32.1. The minimum Gasteiger partial charge on any atom is -0.259 e. The van der Waals surface area contributed by atoms with Crippen molar-refractivity contribution in [3.8, 4) is 11.4 Å². The van der Waals surface area contributed by atoms with Gasteiger partial charge in [0.25, 0.3) is 5.78 Å². The van der Waals surface area contributed by atoms with Gasteiger partial charge >= 0.3 is 0 Å². The zero-order valence-electron chi connectivity index (χ0n) is 7.25. The van der Waals surface area contributed by atoms with Crippen LogP contribution in [-0.4, -0.2) is 40.2 Å². The van der Waals surface area contributed by atoms with Gasteiger partial charge in [0.15, 0.2) is 0 Å². The minimum absolute atomic E-state index is 0.465. The first-order chi connectivity index (χ1) is 7.34. The summed E-state index contributed by atoms with van der Waals surface area (Å²) in [4.78, 5) is 4.09. The number of nitrogens with one attached hydrogen (secondary N) is 2. The van der Waals surface area contributed by atoms with Crippen molar-refractivity contribution in [1.29, 1.82) is 0 Å². The summed E-state index contributed by atoms with van der Waals surface area (Å²) in [6, 6.07) is 0. The molecule has 0 aliphatic heterocycles. The summed E-state index contributed by atoms with van der Waals surface area (Å²) in [6.07, 6.45) is 3.36. The van der Waals surface area contributed by atoms with Crippen LogP contribution in [0.25, 0.3) is 17.2 Å². The van der Waals surface area contributed by atoms with Crippen LogP contribution in [0.15, 0.2) is 12.4 Å². The Labute approximate surface area is 87.4 Å². The third kappa shape index (κ3) is 1.21. The van der Waals surface area contributed by atoms with Gasteiger partial charge < -0.3 is 0 Å². The number of rotatable bonds is 1. The molecule has 0 saturated heterocycles. The van der Waals surface area contributed by atoms with Crippen LogP contribution in [-0.2, 0) is 0 Å². The first-order valence-corrected chi connectivity index (χ1v) is 4.42. The van der Waals surface area contributed by atoms with Crippen molar-refractivity contribution in [2.24, 2.45) is 0 Å². The summed E-state index contributed by atoms with van der Waals surface area (Å²) < 4.78 is 2.11. The third-order valence-electron chi connectivity index (χ3n) is 1.88. The van der Waals surface area contributed by atoms with Crippen LogP contribution in [0.4, 0.5) is 0 Å². The van der Waals surface area contributed by atoms with E-state index < -0.39 is 0 Å². The van der Waals surface area contributed by atoms with E-state index in [1.807, 2.05) is 0 Å². The molecule has 3 heterocycles. The number of nitrogens with zero attached hydrogens (tertiary/aromatic N) is 6. The maximum atomic E-state index is 5.02. The molecule has 0 aliphatic carbocycles. The van der Waals surface area contributed by atoms with Crippen LogP contribution in [0.2, 0.25) is 0 Å². The van der Waals surface area contributed by atoms with Crippen LogP contribution in [0.5, 0.6) is 0 Å². The highest BCUT2D eigenvalue weighted by Crippen LogP contribution is 2.11. The van der Waals surface area contributed by atoms with Crippen LogP contribution in [0, 0.1) is 4.77 Å². The fourth-order valence-corrected chi connectivity index (χ4v) is 1.38. The van der Waals surface area contributed by atoms with Crippen molar-refractivity contribution in [1.82, 2.24) is 40.2 Å². The summed E-state index contributed by atoms with van der Waals surface area (Å²) in [7, 11) is 0. The molecule has 3 aromatic rings. The molecule has 0 fully saturated rings. The van der Waals surface area contributed by atoms with Crippen LogP contribution in [0.3, 0.4) is 0 Å². The SMILES string of the molecule is S=c1[nH]nc2ncc(-c3nn[nH]n3)cn12. The third-order valence-corrected chi connectivity index (χ3v) is 2.16. The molecule has 74 valence electrons. The lowest BCUT2D eigenvalue weighted by Crippen LogP contribution is -1.91. The van der Waals surface area contributed by atoms with Gasteiger partial charge in [0.2, 0.25) is 10.6 Å². The highest BCUT2D eigenvalue weighted by Gasteiger charge is 2.05. The summed E-state index contributed by atoms with van der Waals surface area (Å²) in [5.41, 5.74) is 0.716. The summed E-state index contributed by atoms with van der Waals surface area (Å²) in [6.45, 7) is 0. The molecule has 0 aromatic carbocycles. The van der Waals surface area contributed by atoms with Gasteiger partial charge in [0.1, 0.15) is 0 Å². The lowest BCUT2D eigenvalue weighted by Gasteiger charge is -1.94. The van der Waals surface area contributed by atoms with E-state index in [9.17, 15) is 0 Å². The summed E-state index contributed by atoms with van der Waals surface area (Å²) in [5, 5.41) is 20.1. The van der Waals surface area contributed by atoms with Crippen LogP contribution in [0.1, 0.15) is 0 Å². The number of hydrogen-bond donors (Lipinski definition) is 2. The van der Waals surface area contributed by atoms with Crippen molar-refractivity contribution in [2.45, 2.75) is 0 Å². The molecule has 0 amide bonds. The van der Waals surface area contributed by atoms with E-state index in [2.05, 4.69) is 35.8 Å². The number of fused-ring (bicyclic) bond motifs is 1. The van der Waals surface area contributed by atoms with Gasteiger partial charge in [-0.3, -0.25) is 4.40 Å². The van der Waals surface area contributed by atoms with E-state index in [0.717, 1.165) is 0 Å². The maximum absolute atomic E-state index is 5.02. The second kappa shape index (κ2) is 2.92. The Morgan fingerprint density at radius 2 is 2.27 bits per heavy atom. The van der Waals surface area contributed by atoms with E-state index in [0.29, 0.717) is 21.9 Å². The fourth-order valence-electron chi connectivity index (χ4n) is 1.20. The number of tetrazole rings is 1. The highest BCUT2D eigenvalue weighted by molar-refractivity contribution is 7.71. The quantitative estimate of drug-likeness (QED) is 0.558. The van der Waals surface area contributed by atoms with Gasteiger partial charge in [0, 0.05) is 12.4 Å². The van der Waals surface area contributed by atoms with Gasteiger partial charge in [-0.1, -0.05) is 0 Å². The molecule has 0 saturated carbocycles. The Morgan fingerprint density at radius 3 is 3.07 bits per heavy atom. The topological polar surface area (TPSA) is 100 Å². The number of hydrogen-bond acceptors (Lipinski definition) is 6. The fraction of sp³-hybridized carbons (Fsp3) is 0.